The van der Waals surface area contributed by atoms with Crippen LogP contribution in [0.1, 0.15) is 45.2 Å². The zero-order valence-electron chi connectivity index (χ0n) is 12.6. The first-order valence-electron chi connectivity index (χ1n) is 7.41. The van der Waals surface area contributed by atoms with E-state index in [0.717, 1.165) is 24.5 Å². The molecule has 0 aliphatic carbocycles. The largest absolute Gasteiger partial charge is 0.491 e. The molecule has 0 radical (unpaired) electrons. The van der Waals surface area contributed by atoms with Crippen molar-refractivity contribution in [1.82, 2.24) is 5.32 Å². The van der Waals surface area contributed by atoms with Crippen molar-refractivity contribution < 1.29 is 14.6 Å². The molecule has 2 unspecified atom stereocenters. The van der Waals surface area contributed by atoms with Crippen molar-refractivity contribution in [2.45, 2.75) is 45.3 Å². The molecule has 20 heavy (non-hydrogen) atoms. The minimum absolute atomic E-state index is 0.276. The van der Waals surface area contributed by atoms with Gasteiger partial charge in [0.2, 0.25) is 0 Å². The molecule has 2 N–H and O–H groups in total. The third-order valence-corrected chi connectivity index (χ3v) is 3.72. The van der Waals surface area contributed by atoms with Crippen LogP contribution < -0.4 is 14.8 Å². The monoisotopic (exact) mass is 279 g/mol. The van der Waals surface area contributed by atoms with Crippen LogP contribution in [0, 0.1) is 0 Å². The van der Waals surface area contributed by atoms with Crippen molar-refractivity contribution >= 4 is 0 Å². The Labute approximate surface area is 121 Å². The number of ether oxygens (including phenoxy) is 2. The van der Waals surface area contributed by atoms with Gasteiger partial charge in [-0.05, 0) is 38.4 Å². The normalized spacial score (nSPS) is 20.1. The third-order valence-electron chi connectivity index (χ3n) is 3.72. The molecule has 0 amide bonds. The number of rotatable bonds is 7. The van der Waals surface area contributed by atoms with Crippen LogP contribution in [0.5, 0.6) is 11.5 Å². The second-order valence-corrected chi connectivity index (χ2v) is 5.66. The zero-order chi connectivity index (χ0) is 14.6. The highest BCUT2D eigenvalue weighted by Gasteiger charge is 2.24. The van der Waals surface area contributed by atoms with E-state index in [0.29, 0.717) is 19.6 Å². The lowest BCUT2D eigenvalue weighted by molar-refractivity contribution is 0.00841. The van der Waals surface area contributed by atoms with Crippen LogP contribution in [0.4, 0.5) is 0 Å². The predicted molar refractivity (Wildman–Crippen MR) is 79.4 cm³/mol. The summed E-state index contributed by atoms with van der Waals surface area (Å²) in [6.07, 6.45) is 1.77. The van der Waals surface area contributed by atoms with Gasteiger partial charge in [-0.25, -0.2) is 0 Å². The first-order chi connectivity index (χ1) is 9.55. The first-order valence-corrected chi connectivity index (χ1v) is 7.41. The van der Waals surface area contributed by atoms with Crippen molar-refractivity contribution in [2.75, 3.05) is 19.8 Å². The molecule has 1 aliphatic rings. The van der Waals surface area contributed by atoms with Crippen molar-refractivity contribution in [3.8, 4) is 11.5 Å². The zero-order valence-corrected chi connectivity index (χ0v) is 12.6. The molecule has 4 heteroatoms. The lowest BCUT2D eigenvalue weighted by Gasteiger charge is -2.21. The smallest absolute Gasteiger partial charge is 0.127 e. The summed E-state index contributed by atoms with van der Waals surface area (Å²) in [4.78, 5) is 0. The SMILES string of the molecule is CCCNC1COc2cc(OCC(C)(O)CC)ccc21. The Balaban J connectivity index is 1.99. The topological polar surface area (TPSA) is 50.7 Å². The van der Waals surface area contributed by atoms with E-state index in [4.69, 9.17) is 9.47 Å². The third kappa shape index (κ3) is 3.64. The van der Waals surface area contributed by atoms with Crippen LogP contribution >= 0.6 is 0 Å². The second kappa shape index (κ2) is 6.46. The molecule has 4 nitrogen and oxygen atoms in total. The summed E-state index contributed by atoms with van der Waals surface area (Å²) in [6.45, 7) is 7.83. The summed E-state index contributed by atoms with van der Waals surface area (Å²) in [5.74, 6) is 1.63. The van der Waals surface area contributed by atoms with E-state index in [-0.39, 0.29) is 6.04 Å². The van der Waals surface area contributed by atoms with Gasteiger partial charge < -0.3 is 19.9 Å². The lowest BCUT2D eigenvalue weighted by Crippen LogP contribution is -2.31. The minimum Gasteiger partial charge on any atom is -0.491 e. The highest BCUT2D eigenvalue weighted by Crippen LogP contribution is 2.35. The highest BCUT2D eigenvalue weighted by molar-refractivity contribution is 5.45. The molecular weight excluding hydrogens is 254 g/mol. The van der Waals surface area contributed by atoms with Crippen LogP contribution in [0.25, 0.3) is 0 Å². The first kappa shape index (κ1) is 15.1. The Hall–Kier alpha value is -1.26. The quantitative estimate of drug-likeness (QED) is 0.805. The van der Waals surface area contributed by atoms with Gasteiger partial charge in [-0.2, -0.15) is 0 Å². The molecule has 0 saturated carbocycles. The summed E-state index contributed by atoms with van der Waals surface area (Å²) < 4.78 is 11.4. The highest BCUT2D eigenvalue weighted by atomic mass is 16.5. The van der Waals surface area contributed by atoms with Crippen molar-refractivity contribution in [1.29, 1.82) is 0 Å². The summed E-state index contributed by atoms with van der Waals surface area (Å²) >= 11 is 0. The van der Waals surface area contributed by atoms with Gasteiger partial charge in [0.1, 0.15) is 24.7 Å². The fraction of sp³-hybridized carbons (Fsp3) is 0.625. The molecule has 0 saturated heterocycles. The molecule has 1 aromatic rings. The maximum Gasteiger partial charge on any atom is 0.127 e. The number of benzene rings is 1. The molecule has 2 atom stereocenters. The van der Waals surface area contributed by atoms with E-state index in [1.165, 1.54) is 5.56 Å². The number of hydrogen-bond acceptors (Lipinski definition) is 4. The Bertz CT molecular complexity index is 445. The molecule has 0 spiro atoms. The van der Waals surface area contributed by atoms with Crippen molar-refractivity contribution in [3.05, 3.63) is 23.8 Å². The summed E-state index contributed by atoms with van der Waals surface area (Å²) in [5, 5.41) is 13.4. The van der Waals surface area contributed by atoms with Gasteiger partial charge in [0.25, 0.3) is 0 Å². The van der Waals surface area contributed by atoms with E-state index in [2.05, 4.69) is 12.2 Å². The lowest BCUT2D eigenvalue weighted by atomic mass is 10.1. The minimum atomic E-state index is -0.787. The Morgan fingerprint density at radius 3 is 2.95 bits per heavy atom. The Kier molecular flexibility index (Phi) is 4.89. The molecule has 2 rings (SSSR count). The van der Waals surface area contributed by atoms with E-state index in [9.17, 15) is 5.11 Å². The van der Waals surface area contributed by atoms with Crippen molar-refractivity contribution in [3.63, 3.8) is 0 Å². The summed E-state index contributed by atoms with van der Waals surface area (Å²) in [6, 6.07) is 6.18. The Morgan fingerprint density at radius 1 is 1.45 bits per heavy atom. The van der Waals surface area contributed by atoms with Crippen LogP contribution in [-0.2, 0) is 0 Å². The molecule has 0 bridgehead atoms. The van der Waals surface area contributed by atoms with E-state index < -0.39 is 5.60 Å². The molecule has 0 fully saturated rings. The van der Waals surface area contributed by atoms with Crippen LogP contribution in [-0.4, -0.2) is 30.5 Å². The number of hydrogen-bond donors (Lipinski definition) is 2. The maximum atomic E-state index is 9.95. The van der Waals surface area contributed by atoms with E-state index in [1.807, 2.05) is 25.1 Å². The Morgan fingerprint density at radius 2 is 2.25 bits per heavy atom. The summed E-state index contributed by atoms with van der Waals surface area (Å²) in [5.41, 5.74) is 0.401. The fourth-order valence-corrected chi connectivity index (χ4v) is 2.11. The van der Waals surface area contributed by atoms with Crippen molar-refractivity contribution in [2.24, 2.45) is 0 Å². The van der Waals surface area contributed by atoms with Gasteiger partial charge >= 0.3 is 0 Å². The molecule has 1 aliphatic heterocycles. The standard InChI is InChI=1S/C16H25NO3/c1-4-8-17-14-10-19-15-9-12(6-7-13(14)15)20-11-16(3,18)5-2/h6-7,9,14,17-18H,4-5,8,10-11H2,1-3H3. The predicted octanol–water partition coefficient (Wildman–Crippen LogP) is 2.66. The molecule has 1 heterocycles. The van der Waals surface area contributed by atoms with Crippen LogP contribution in [0.2, 0.25) is 0 Å². The van der Waals surface area contributed by atoms with Crippen LogP contribution in [0.3, 0.4) is 0 Å². The van der Waals surface area contributed by atoms with Gasteiger partial charge in [0.05, 0.1) is 11.6 Å². The van der Waals surface area contributed by atoms with Gasteiger partial charge in [-0.15, -0.1) is 0 Å². The molecule has 1 aromatic carbocycles. The molecular formula is C16H25NO3. The number of nitrogens with one attached hydrogen (secondary N) is 1. The number of fused-ring (bicyclic) bond motifs is 1. The molecule has 112 valence electrons. The number of aliphatic hydroxyl groups is 1. The van der Waals surface area contributed by atoms with Crippen LogP contribution in [0.15, 0.2) is 18.2 Å². The maximum absolute atomic E-state index is 9.95. The summed E-state index contributed by atoms with van der Waals surface area (Å²) in [7, 11) is 0. The average Bonchev–Trinajstić information content (AvgIpc) is 2.85. The average molecular weight is 279 g/mol. The molecule has 0 aromatic heterocycles. The van der Waals surface area contributed by atoms with Gasteiger partial charge in [-0.3, -0.25) is 0 Å². The van der Waals surface area contributed by atoms with E-state index in [1.54, 1.807) is 6.92 Å². The van der Waals surface area contributed by atoms with Gasteiger partial charge in [-0.1, -0.05) is 13.8 Å². The van der Waals surface area contributed by atoms with Gasteiger partial charge in [0.15, 0.2) is 0 Å². The van der Waals surface area contributed by atoms with E-state index >= 15 is 0 Å². The van der Waals surface area contributed by atoms with Gasteiger partial charge in [0, 0.05) is 11.6 Å². The second-order valence-electron chi connectivity index (χ2n) is 5.66. The fourth-order valence-electron chi connectivity index (χ4n) is 2.11.